The van der Waals surface area contributed by atoms with Gasteiger partial charge < -0.3 is 19.1 Å². The first-order chi connectivity index (χ1) is 13.7. The second-order valence-electron chi connectivity index (χ2n) is 6.63. The highest BCUT2D eigenvalue weighted by Gasteiger charge is 2.28. The predicted octanol–water partition coefficient (Wildman–Crippen LogP) is 4.48. The van der Waals surface area contributed by atoms with Gasteiger partial charge in [0.05, 0.1) is 26.9 Å². The summed E-state index contributed by atoms with van der Waals surface area (Å²) in [5.41, 5.74) is 1.95. The van der Waals surface area contributed by atoms with Crippen LogP contribution >= 0.6 is 0 Å². The Balaban J connectivity index is 1.75. The molecule has 0 bridgehead atoms. The van der Waals surface area contributed by atoms with E-state index in [1.54, 1.807) is 26.4 Å². The number of methoxy groups -OCH3 is 2. The molecule has 1 aliphatic rings. The molecule has 0 radical (unpaired) electrons. The number of amides is 1. The van der Waals surface area contributed by atoms with Crippen LogP contribution in [0.25, 0.3) is 6.08 Å². The van der Waals surface area contributed by atoms with Crippen molar-refractivity contribution in [1.29, 1.82) is 0 Å². The molecule has 1 amide bonds. The molecular formula is C23H27NO4. The zero-order chi connectivity index (χ0) is 19.9. The minimum Gasteiger partial charge on any atom is -0.497 e. The van der Waals surface area contributed by atoms with Crippen LogP contribution < -0.4 is 14.2 Å². The lowest BCUT2D eigenvalue weighted by atomic mass is 10.0. The highest BCUT2D eigenvalue weighted by molar-refractivity contribution is 5.92. The van der Waals surface area contributed by atoms with Crippen LogP contribution in [0.4, 0.5) is 0 Å². The van der Waals surface area contributed by atoms with E-state index >= 15 is 0 Å². The molecule has 5 nitrogen and oxygen atoms in total. The zero-order valence-corrected chi connectivity index (χ0v) is 16.7. The van der Waals surface area contributed by atoms with E-state index in [1.807, 2.05) is 42.2 Å². The molecule has 2 aromatic carbocycles. The predicted molar refractivity (Wildman–Crippen MR) is 110 cm³/mol. The lowest BCUT2D eigenvalue weighted by Gasteiger charge is -2.24. The van der Waals surface area contributed by atoms with Crippen LogP contribution in [0.2, 0.25) is 0 Å². The van der Waals surface area contributed by atoms with Crippen LogP contribution in [0.3, 0.4) is 0 Å². The van der Waals surface area contributed by atoms with Crippen molar-refractivity contribution in [3.8, 4) is 17.2 Å². The van der Waals surface area contributed by atoms with Crippen LogP contribution in [0.15, 0.2) is 48.5 Å². The van der Waals surface area contributed by atoms with E-state index in [9.17, 15) is 4.79 Å². The third-order valence-electron chi connectivity index (χ3n) is 4.95. The highest BCUT2D eigenvalue weighted by Crippen LogP contribution is 2.33. The Morgan fingerprint density at radius 2 is 1.86 bits per heavy atom. The Labute approximate surface area is 166 Å². The summed E-state index contributed by atoms with van der Waals surface area (Å²) in [5.74, 6) is 2.28. The van der Waals surface area contributed by atoms with Gasteiger partial charge in [0.25, 0.3) is 0 Å². The summed E-state index contributed by atoms with van der Waals surface area (Å²) in [4.78, 5) is 14.8. The number of hydrogen-bond acceptors (Lipinski definition) is 4. The third-order valence-corrected chi connectivity index (χ3v) is 4.95. The summed E-state index contributed by atoms with van der Waals surface area (Å²) in [6.45, 7) is 3.37. The first kappa shape index (κ1) is 19.8. The normalized spacial score (nSPS) is 16.4. The maximum absolute atomic E-state index is 12.9. The Morgan fingerprint density at radius 3 is 2.54 bits per heavy atom. The fraction of sp³-hybridized carbons (Fsp3) is 0.348. The molecule has 5 heteroatoms. The van der Waals surface area contributed by atoms with E-state index < -0.39 is 0 Å². The average Bonchev–Trinajstić information content (AvgIpc) is 3.22. The molecule has 0 aliphatic carbocycles. The molecule has 3 rings (SSSR count). The van der Waals surface area contributed by atoms with Gasteiger partial charge in [-0.1, -0.05) is 12.1 Å². The van der Waals surface area contributed by atoms with E-state index in [4.69, 9.17) is 14.2 Å². The van der Waals surface area contributed by atoms with Gasteiger partial charge in [-0.15, -0.1) is 0 Å². The van der Waals surface area contributed by atoms with Crippen molar-refractivity contribution in [2.75, 3.05) is 27.4 Å². The van der Waals surface area contributed by atoms with Crippen LogP contribution in [0.5, 0.6) is 17.2 Å². The van der Waals surface area contributed by atoms with E-state index in [-0.39, 0.29) is 11.9 Å². The molecule has 1 atom stereocenters. The molecule has 0 spiro atoms. The first-order valence-electron chi connectivity index (χ1n) is 9.59. The van der Waals surface area contributed by atoms with E-state index in [2.05, 4.69) is 12.1 Å². The van der Waals surface area contributed by atoms with Crippen LogP contribution in [-0.4, -0.2) is 38.2 Å². The SMILES string of the molecule is CCOc1ccc(C2CCCN2C(=O)C=Cc2cc(OC)ccc2OC)cc1. The monoisotopic (exact) mass is 381 g/mol. The summed E-state index contributed by atoms with van der Waals surface area (Å²) in [6.07, 6.45) is 5.37. The van der Waals surface area contributed by atoms with Crippen LogP contribution in [-0.2, 0) is 4.79 Å². The summed E-state index contributed by atoms with van der Waals surface area (Å²) < 4.78 is 16.2. The highest BCUT2D eigenvalue weighted by atomic mass is 16.5. The van der Waals surface area contributed by atoms with Gasteiger partial charge >= 0.3 is 0 Å². The van der Waals surface area contributed by atoms with Crippen molar-refractivity contribution in [2.24, 2.45) is 0 Å². The third kappa shape index (κ3) is 4.47. The summed E-state index contributed by atoms with van der Waals surface area (Å²) >= 11 is 0. The van der Waals surface area contributed by atoms with Gasteiger partial charge in [0.15, 0.2) is 0 Å². The van der Waals surface area contributed by atoms with Gasteiger partial charge in [0.2, 0.25) is 5.91 Å². The van der Waals surface area contributed by atoms with E-state index in [0.29, 0.717) is 12.4 Å². The molecule has 1 aliphatic heterocycles. The van der Waals surface area contributed by atoms with Gasteiger partial charge in [-0.2, -0.15) is 0 Å². The van der Waals surface area contributed by atoms with E-state index in [1.165, 1.54) is 0 Å². The fourth-order valence-electron chi connectivity index (χ4n) is 3.56. The van der Waals surface area contributed by atoms with Crippen molar-refractivity contribution in [3.05, 3.63) is 59.7 Å². The Bertz CT molecular complexity index is 829. The van der Waals surface area contributed by atoms with Crippen LogP contribution in [0, 0.1) is 0 Å². The topological polar surface area (TPSA) is 48.0 Å². The maximum Gasteiger partial charge on any atom is 0.247 e. The molecule has 148 valence electrons. The number of benzene rings is 2. The molecule has 2 aromatic rings. The van der Waals surface area contributed by atoms with Gasteiger partial charge in [-0.25, -0.2) is 0 Å². The standard InChI is InChI=1S/C23H27NO4/c1-4-28-19-10-7-17(8-11-19)21-6-5-15-24(21)23(25)14-9-18-16-20(26-2)12-13-22(18)27-3/h7-14,16,21H,4-6,15H2,1-3H3. The molecule has 1 heterocycles. The molecule has 1 fully saturated rings. The zero-order valence-electron chi connectivity index (χ0n) is 16.7. The molecule has 0 saturated carbocycles. The number of nitrogens with zero attached hydrogens (tertiary/aromatic N) is 1. The molecule has 1 unspecified atom stereocenters. The van der Waals surface area contributed by atoms with E-state index in [0.717, 1.165) is 42.0 Å². The summed E-state index contributed by atoms with van der Waals surface area (Å²) in [7, 11) is 3.23. The van der Waals surface area contributed by atoms with Crippen molar-refractivity contribution in [1.82, 2.24) is 4.90 Å². The van der Waals surface area contributed by atoms with Crippen molar-refractivity contribution >= 4 is 12.0 Å². The number of hydrogen-bond donors (Lipinski definition) is 0. The molecule has 28 heavy (non-hydrogen) atoms. The number of carbonyl (C=O) groups excluding carboxylic acids is 1. The van der Waals surface area contributed by atoms with Crippen molar-refractivity contribution in [3.63, 3.8) is 0 Å². The quantitative estimate of drug-likeness (QED) is 0.664. The Hall–Kier alpha value is -2.95. The summed E-state index contributed by atoms with van der Waals surface area (Å²) in [5, 5.41) is 0. The van der Waals surface area contributed by atoms with Gasteiger partial charge in [-0.05, 0) is 61.7 Å². The molecule has 0 N–H and O–H groups in total. The number of carbonyl (C=O) groups is 1. The average molecular weight is 381 g/mol. The second kappa shape index (κ2) is 9.31. The van der Waals surface area contributed by atoms with Crippen molar-refractivity contribution in [2.45, 2.75) is 25.8 Å². The van der Waals surface area contributed by atoms with Gasteiger partial charge in [0, 0.05) is 18.2 Å². The smallest absolute Gasteiger partial charge is 0.247 e. The Morgan fingerprint density at radius 1 is 1.11 bits per heavy atom. The largest absolute Gasteiger partial charge is 0.497 e. The number of ether oxygens (including phenoxy) is 3. The minimum absolute atomic E-state index is 0.00116. The molecular weight excluding hydrogens is 354 g/mol. The number of rotatable bonds is 7. The lowest BCUT2D eigenvalue weighted by Crippen LogP contribution is -2.28. The minimum atomic E-state index is 0.00116. The van der Waals surface area contributed by atoms with Gasteiger partial charge in [0.1, 0.15) is 17.2 Å². The number of likely N-dealkylation sites (tertiary alicyclic amines) is 1. The lowest BCUT2D eigenvalue weighted by molar-refractivity contribution is -0.126. The van der Waals surface area contributed by atoms with Crippen LogP contribution in [0.1, 0.15) is 36.9 Å². The fourth-order valence-corrected chi connectivity index (χ4v) is 3.56. The van der Waals surface area contributed by atoms with Gasteiger partial charge in [-0.3, -0.25) is 4.79 Å². The second-order valence-corrected chi connectivity index (χ2v) is 6.63. The Kier molecular flexibility index (Phi) is 6.58. The summed E-state index contributed by atoms with van der Waals surface area (Å²) in [6, 6.07) is 13.7. The first-order valence-corrected chi connectivity index (χ1v) is 9.59. The maximum atomic E-state index is 12.9. The van der Waals surface area contributed by atoms with Crippen molar-refractivity contribution < 1.29 is 19.0 Å². The molecule has 0 aromatic heterocycles. The molecule has 1 saturated heterocycles.